The van der Waals surface area contributed by atoms with Crippen molar-refractivity contribution < 1.29 is 9.53 Å². The Hall–Kier alpha value is -0.420. The van der Waals surface area contributed by atoms with E-state index in [0.717, 1.165) is 25.3 Å². The van der Waals surface area contributed by atoms with Crippen molar-refractivity contribution >= 4 is 17.9 Å². The highest BCUT2D eigenvalue weighted by atomic mass is 32.2. The Morgan fingerprint density at radius 2 is 2.19 bits per heavy atom. The van der Waals surface area contributed by atoms with Crippen molar-refractivity contribution in [3.63, 3.8) is 0 Å². The summed E-state index contributed by atoms with van der Waals surface area (Å²) < 4.78 is 5.63. The van der Waals surface area contributed by atoms with Gasteiger partial charge in [-0.05, 0) is 27.2 Å². The molecule has 2 heterocycles. The summed E-state index contributed by atoms with van der Waals surface area (Å²) in [5.74, 6) is 1.00. The summed E-state index contributed by atoms with van der Waals surface area (Å²) >= 11 is 1.97. The highest BCUT2D eigenvalue weighted by Gasteiger charge is 2.45. The van der Waals surface area contributed by atoms with E-state index in [1.165, 1.54) is 0 Å². The number of carbonyl (C=O) groups is 1. The van der Waals surface area contributed by atoms with Gasteiger partial charge >= 0.3 is 6.09 Å². The zero-order valence-corrected chi connectivity index (χ0v) is 10.9. The lowest BCUT2D eigenvalue weighted by molar-refractivity contribution is 0.0506. The number of hydrogen-bond donors (Lipinski definition) is 2. The summed E-state index contributed by atoms with van der Waals surface area (Å²) in [6.45, 7) is 7.79. The monoisotopic (exact) mass is 244 g/mol. The van der Waals surface area contributed by atoms with Crippen LogP contribution in [-0.4, -0.2) is 41.3 Å². The smallest absolute Gasteiger partial charge is 0.407 e. The third-order valence-electron chi connectivity index (χ3n) is 2.82. The van der Waals surface area contributed by atoms with Crippen LogP contribution in [0.3, 0.4) is 0 Å². The van der Waals surface area contributed by atoms with Gasteiger partial charge in [-0.3, -0.25) is 0 Å². The number of alkyl carbamates (subject to hydrolysis) is 1. The number of thioether (sulfide) groups is 1. The van der Waals surface area contributed by atoms with Gasteiger partial charge in [-0.1, -0.05) is 0 Å². The van der Waals surface area contributed by atoms with E-state index in [4.69, 9.17) is 4.74 Å². The average molecular weight is 244 g/mol. The number of amides is 1. The van der Waals surface area contributed by atoms with Crippen LogP contribution in [0.25, 0.3) is 0 Å². The maximum Gasteiger partial charge on any atom is 0.407 e. The van der Waals surface area contributed by atoms with Gasteiger partial charge in [0, 0.05) is 29.6 Å². The summed E-state index contributed by atoms with van der Waals surface area (Å²) in [7, 11) is 0. The normalized spacial score (nSPS) is 27.6. The molecule has 16 heavy (non-hydrogen) atoms. The molecule has 1 atom stereocenters. The van der Waals surface area contributed by atoms with Crippen LogP contribution in [-0.2, 0) is 4.74 Å². The molecule has 0 bridgehead atoms. The molecule has 2 saturated heterocycles. The topological polar surface area (TPSA) is 50.4 Å². The van der Waals surface area contributed by atoms with E-state index in [1.807, 2.05) is 32.5 Å². The van der Waals surface area contributed by atoms with Crippen LogP contribution in [0.15, 0.2) is 0 Å². The summed E-state index contributed by atoms with van der Waals surface area (Å²) in [5.41, 5.74) is -0.411. The first-order valence-corrected chi connectivity index (χ1v) is 6.71. The number of nitrogens with one attached hydrogen (secondary N) is 2. The zero-order chi connectivity index (χ0) is 11.8. The second-order valence-electron chi connectivity index (χ2n) is 5.64. The van der Waals surface area contributed by atoms with E-state index >= 15 is 0 Å². The van der Waals surface area contributed by atoms with Crippen molar-refractivity contribution in [1.29, 1.82) is 0 Å². The molecule has 0 saturated carbocycles. The summed E-state index contributed by atoms with van der Waals surface area (Å²) in [6, 6.07) is 0.266. The first-order chi connectivity index (χ1) is 7.39. The van der Waals surface area contributed by atoms with Gasteiger partial charge in [-0.2, -0.15) is 11.8 Å². The Morgan fingerprint density at radius 1 is 1.50 bits per heavy atom. The lowest BCUT2D eigenvalue weighted by Crippen LogP contribution is -2.56. The van der Waals surface area contributed by atoms with E-state index in [-0.39, 0.29) is 12.1 Å². The molecule has 2 aliphatic rings. The number of ether oxygens (including phenoxy) is 1. The molecule has 1 spiro atoms. The van der Waals surface area contributed by atoms with Crippen molar-refractivity contribution in [1.82, 2.24) is 10.6 Å². The molecule has 0 aromatic rings. The SMILES string of the molecule is CC(C)(C)OC(=O)NC1CSC2(CNC2)C1. The van der Waals surface area contributed by atoms with E-state index < -0.39 is 5.60 Å². The third-order valence-corrected chi connectivity index (χ3v) is 4.46. The first kappa shape index (κ1) is 12.0. The number of carbonyl (C=O) groups excluding carboxylic acids is 1. The summed E-state index contributed by atoms with van der Waals surface area (Å²) in [6.07, 6.45) is 0.770. The van der Waals surface area contributed by atoms with E-state index in [9.17, 15) is 4.79 Å². The molecule has 4 nitrogen and oxygen atoms in total. The highest BCUT2D eigenvalue weighted by Crippen LogP contribution is 2.41. The Bertz CT molecular complexity index is 284. The standard InChI is InChI=1S/C11H20N2O2S/c1-10(2,3)15-9(14)13-8-4-11(16-5-8)6-12-7-11/h8,12H,4-7H2,1-3H3,(H,13,14). The Kier molecular flexibility index (Phi) is 3.09. The van der Waals surface area contributed by atoms with Gasteiger partial charge in [-0.15, -0.1) is 0 Å². The highest BCUT2D eigenvalue weighted by molar-refractivity contribution is 8.01. The van der Waals surface area contributed by atoms with E-state index in [1.54, 1.807) is 0 Å². The van der Waals surface area contributed by atoms with E-state index in [0.29, 0.717) is 4.75 Å². The van der Waals surface area contributed by atoms with Crippen LogP contribution >= 0.6 is 11.8 Å². The molecule has 92 valence electrons. The molecular weight excluding hydrogens is 224 g/mol. The molecule has 0 radical (unpaired) electrons. The van der Waals surface area contributed by atoms with Crippen LogP contribution in [0.2, 0.25) is 0 Å². The minimum Gasteiger partial charge on any atom is -0.444 e. The Balaban J connectivity index is 1.76. The quantitative estimate of drug-likeness (QED) is 0.731. The minimum atomic E-state index is -0.411. The predicted molar refractivity (Wildman–Crippen MR) is 65.8 cm³/mol. The van der Waals surface area contributed by atoms with Gasteiger partial charge in [0.1, 0.15) is 5.60 Å². The molecule has 2 aliphatic heterocycles. The van der Waals surface area contributed by atoms with Gasteiger partial charge in [-0.25, -0.2) is 4.79 Å². The summed E-state index contributed by atoms with van der Waals surface area (Å²) in [4.78, 5) is 11.6. The largest absolute Gasteiger partial charge is 0.444 e. The number of hydrogen-bond acceptors (Lipinski definition) is 4. The summed E-state index contributed by atoms with van der Waals surface area (Å²) in [5, 5.41) is 6.24. The molecule has 0 aliphatic carbocycles. The van der Waals surface area contributed by atoms with Crippen molar-refractivity contribution in [2.24, 2.45) is 0 Å². The van der Waals surface area contributed by atoms with Gasteiger partial charge in [0.25, 0.3) is 0 Å². The molecule has 1 amide bonds. The second kappa shape index (κ2) is 4.11. The lowest BCUT2D eigenvalue weighted by Gasteiger charge is -2.38. The fourth-order valence-corrected chi connectivity index (χ4v) is 3.54. The maximum atomic E-state index is 11.6. The van der Waals surface area contributed by atoms with Crippen LogP contribution < -0.4 is 10.6 Å². The van der Waals surface area contributed by atoms with Crippen molar-refractivity contribution in [2.75, 3.05) is 18.8 Å². The number of rotatable bonds is 1. The van der Waals surface area contributed by atoms with Gasteiger partial charge < -0.3 is 15.4 Å². The van der Waals surface area contributed by atoms with Crippen LogP contribution in [0, 0.1) is 0 Å². The van der Waals surface area contributed by atoms with E-state index in [2.05, 4.69) is 10.6 Å². The molecule has 2 N–H and O–H groups in total. The van der Waals surface area contributed by atoms with Crippen LogP contribution in [0.1, 0.15) is 27.2 Å². The molecule has 2 fully saturated rings. The Morgan fingerprint density at radius 3 is 2.62 bits per heavy atom. The van der Waals surface area contributed by atoms with Gasteiger partial charge in [0.05, 0.1) is 0 Å². The average Bonchev–Trinajstić information content (AvgIpc) is 2.43. The first-order valence-electron chi connectivity index (χ1n) is 5.73. The minimum absolute atomic E-state index is 0.266. The lowest BCUT2D eigenvalue weighted by atomic mass is 9.95. The molecule has 2 rings (SSSR count). The molecular formula is C11H20N2O2S. The fraction of sp³-hybridized carbons (Fsp3) is 0.909. The van der Waals surface area contributed by atoms with Crippen LogP contribution in [0.5, 0.6) is 0 Å². The molecule has 0 aromatic carbocycles. The fourth-order valence-electron chi connectivity index (χ4n) is 2.06. The molecule has 1 unspecified atom stereocenters. The van der Waals surface area contributed by atoms with Crippen LogP contribution in [0.4, 0.5) is 4.79 Å². The predicted octanol–water partition coefficient (Wildman–Crippen LogP) is 1.36. The zero-order valence-electron chi connectivity index (χ0n) is 10.1. The molecule has 5 heteroatoms. The van der Waals surface area contributed by atoms with Gasteiger partial charge in [0.15, 0.2) is 0 Å². The third kappa shape index (κ3) is 2.83. The van der Waals surface area contributed by atoms with Crippen molar-refractivity contribution in [3.8, 4) is 0 Å². The van der Waals surface area contributed by atoms with Crippen molar-refractivity contribution in [3.05, 3.63) is 0 Å². The molecule has 0 aromatic heterocycles. The van der Waals surface area contributed by atoms with Crippen molar-refractivity contribution in [2.45, 2.75) is 43.6 Å². The maximum absolute atomic E-state index is 11.6. The second-order valence-corrected chi connectivity index (χ2v) is 7.13. The Labute approximate surface area is 101 Å². The van der Waals surface area contributed by atoms with Gasteiger partial charge in [0.2, 0.25) is 0 Å².